The van der Waals surface area contributed by atoms with Gasteiger partial charge in [0.25, 0.3) is 5.56 Å². The van der Waals surface area contributed by atoms with Crippen LogP contribution in [0.4, 0.5) is 11.6 Å². The van der Waals surface area contributed by atoms with Crippen LogP contribution in [0.15, 0.2) is 52.4 Å². The normalized spacial score (nSPS) is 10.9. The fraction of sp³-hybridized carbons (Fsp3) is 0. The predicted octanol–water partition coefficient (Wildman–Crippen LogP) is 2.31. The first kappa shape index (κ1) is 17.1. The largest absolute Gasteiger partial charge is 0.334 e. The summed E-state index contributed by atoms with van der Waals surface area (Å²) in [6, 6.07) is 6.51. The Morgan fingerprint density at radius 2 is 1.81 bits per heavy atom. The van der Waals surface area contributed by atoms with Crippen molar-refractivity contribution in [1.29, 1.82) is 0 Å². The fourth-order valence-electron chi connectivity index (χ4n) is 2.46. The van der Waals surface area contributed by atoms with E-state index < -0.39 is 11.2 Å². The Morgan fingerprint density at radius 3 is 2.59 bits per heavy atom. The predicted molar refractivity (Wildman–Crippen MR) is 101 cm³/mol. The van der Waals surface area contributed by atoms with Crippen LogP contribution >= 0.6 is 23.2 Å². The molecule has 0 spiro atoms. The lowest BCUT2D eigenvalue weighted by Crippen LogP contribution is -2.34. The highest BCUT2D eigenvalue weighted by molar-refractivity contribution is 6.35. The van der Waals surface area contributed by atoms with E-state index in [-0.39, 0.29) is 27.0 Å². The Labute approximate surface area is 160 Å². The lowest BCUT2D eigenvalue weighted by Gasteiger charge is -2.12. The maximum Gasteiger partial charge on any atom is 0.334 e. The summed E-state index contributed by atoms with van der Waals surface area (Å²) < 4.78 is 0.879. The van der Waals surface area contributed by atoms with Crippen molar-refractivity contribution in [3.05, 3.63) is 73.9 Å². The van der Waals surface area contributed by atoms with Crippen LogP contribution in [0.1, 0.15) is 0 Å². The molecule has 4 rings (SSSR count). The van der Waals surface area contributed by atoms with Gasteiger partial charge in [-0.05, 0) is 18.2 Å². The van der Waals surface area contributed by atoms with E-state index in [1.54, 1.807) is 30.6 Å². The Bertz CT molecular complexity index is 1270. The molecule has 0 amide bonds. The van der Waals surface area contributed by atoms with Crippen LogP contribution in [-0.4, -0.2) is 29.5 Å². The SMILES string of the molecule is O=c1[nH]c2nc(Cl)cnc2c(=O)n1-c1cccc(Nc2ncccn2)c1Cl. The highest BCUT2D eigenvalue weighted by Crippen LogP contribution is 2.29. The summed E-state index contributed by atoms with van der Waals surface area (Å²) in [5.74, 6) is 0.317. The fourth-order valence-corrected chi connectivity index (χ4v) is 2.85. The molecule has 0 radical (unpaired) electrons. The molecule has 0 saturated heterocycles. The van der Waals surface area contributed by atoms with Crippen molar-refractivity contribution in [2.45, 2.75) is 0 Å². The molecule has 0 unspecified atom stereocenters. The van der Waals surface area contributed by atoms with Crippen molar-refractivity contribution in [2.75, 3.05) is 5.32 Å². The first-order valence-electron chi connectivity index (χ1n) is 7.55. The molecule has 2 N–H and O–H groups in total. The lowest BCUT2D eigenvalue weighted by atomic mass is 10.2. The summed E-state index contributed by atoms with van der Waals surface area (Å²) in [7, 11) is 0. The number of benzene rings is 1. The smallest absolute Gasteiger partial charge is 0.323 e. The summed E-state index contributed by atoms with van der Waals surface area (Å²) in [6.07, 6.45) is 4.35. The molecule has 11 heteroatoms. The number of nitrogens with one attached hydrogen (secondary N) is 2. The van der Waals surface area contributed by atoms with E-state index in [0.29, 0.717) is 11.6 Å². The zero-order chi connectivity index (χ0) is 19.0. The molecule has 0 aliphatic carbocycles. The Kier molecular flexibility index (Phi) is 4.30. The second kappa shape index (κ2) is 6.78. The van der Waals surface area contributed by atoms with Crippen molar-refractivity contribution in [2.24, 2.45) is 0 Å². The summed E-state index contributed by atoms with van der Waals surface area (Å²) in [6.45, 7) is 0. The molecule has 1 aromatic carbocycles. The Balaban J connectivity index is 1.89. The van der Waals surface area contributed by atoms with Crippen LogP contribution < -0.4 is 16.6 Å². The summed E-state index contributed by atoms with van der Waals surface area (Å²) in [5.41, 5.74) is -0.847. The maximum atomic E-state index is 12.8. The molecule has 3 aromatic heterocycles. The second-order valence-electron chi connectivity index (χ2n) is 5.30. The van der Waals surface area contributed by atoms with Gasteiger partial charge in [0.2, 0.25) is 5.95 Å². The van der Waals surface area contributed by atoms with Crippen molar-refractivity contribution in [3.63, 3.8) is 0 Å². The first-order chi connectivity index (χ1) is 13.0. The Morgan fingerprint density at radius 1 is 1.04 bits per heavy atom. The number of hydrogen-bond donors (Lipinski definition) is 2. The number of anilines is 2. The van der Waals surface area contributed by atoms with Crippen LogP contribution in [-0.2, 0) is 0 Å². The van der Waals surface area contributed by atoms with Crippen LogP contribution in [0, 0.1) is 0 Å². The van der Waals surface area contributed by atoms with E-state index >= 15 is 0 Å². The van der Waals surface area contributed by atoms with Crippen molar-refractivity contribution in [3.8, 4) is 5.69 Å². The average molecular weight is 402 g/mol. The first-order valence-corrected chi connectivity index (χ1v) is 8.30. The second-order valence-corrected chi connectivity index (χ2v) is 6.06. The molecule has 27 heavy (non-hydrogen) atoms. The molecule has 4 aromatic rings. The third kappa shape index (κ3) is 3.14. The minimum atomic E-state index is -0.723. The molecule has 3 heterocycles. The standard InChI is InChI=1S/C16H9Cl2N7O2/c17-10-7-21-12-13(23-10)24-16(27)25(14(12)26)9-4-1-3-8(11(9)18)22-15-19-5-2-6-20-15/h1-7H,(H,19,20,22)(H,23,24,27). The van der Waals surface area contributed by atoms with E-state index in [9.17, 15) is 9.59 Å². The average Bonchev–Trinajstić information content (AvgIpc) is 2.65. The third-order valence-corrected chi connectivity index (χ3v) is 4.19. The number of nitrogens with zero attached hydrogens (tertiary/aromatic N) is 5. The summed E-state index contributed by atoms with van der Waals surface area (Å²) >= 11 is 12.2. The number of H-pyrrole nitrogens is 1. The highest BCUT2D eigenvalue weighted by Gasteiger charge is 2.16. The van der Waals surface area contributed by atoms with Crippen molar-refractivity contribution in [1.82, 2.24) is 29.5 Å². The molecular formula is C16H9Cl2N7O2. The van der Waals surface area contributed by atoms with E-state index in [1.165, 1.54) is 12.3 Å². The summed E-state index contributed by atoms with van der Waals surface area (Å²) in [4.78, 5) is 43.7. The van der Waals surface area contributed by atoms with E-state index in [4.69, 9.17) is 23.2 Å². The topological polar surface area (TPSA) is 118 Å². The molecule has 0 aliphatic heterocycles. The van der Waals surface area contributed by atoms with Gasteiger partial charge in [0.05, 0.1) is 22.6 Å². The van der Waals surface area contributed by atoms with Crippen molar-refractivity contribution >= 4 is 46.0 Å². The number of aromatic amines is 1. The maximum absolute atomic E-state index is 12.8. The van der Waals surface area contributed by atoms with Crippen LogP contribution in [0.3, 0.4) is 0 Å². The third-order valence-electron chi connectivity index (χ3n) is 3.61. The molecule has 0 atom stereocenters. The van der Waals surface area contributed by atoms with Gasteiger partial charge in [-0.3, -0.25) is 9.78 Å². The zero-order valence-electron chi connectivity index (χ0n) is 13.3. The van der Waals surface area contributed by atoms with Gasteiger partial charge < -0.3 is 5.32 Å². The molecular weight excluding hydrogens is 393 g/mol. The number of halogens is 2. The Hall–Kier alpha value is -3.30. The van der Waals surface area contributed by atoms with Crippen LogP contribution in [0.25, 0.3) is 16.9 Å². The van der Waals surface area contributed by atoms with E-state index in [0.717, 1.165) is 4.57 Å². The highest BCUT2D eigenvalue weighted by atomic mass is 35.5. The van der Waals surface area contributed by atoms with Gasteiger partial charge in [-0.1, -0.05) is 29.3 Å². The van der Waals surface area contributed by atoms with Crippen LogP contribution in [0.2, 0.25) is 10.2 Å². The lowest BCUT2D eigenvalue weighted by molar-refractivity contribution is 0.888. The quantitative estimate of drug-likeness (QED) is 0.540. The number of hydrogen-bond acceptors (Lipinski definition) is 7. The van der Waals surface area contributed by atoms with Gasteiger partial charge in [-0.15, -0.1) is 0 Å². The van der Waals surface area contributed by atoms with Gasteiger partial charge in [-0.25, -0.2) is 29.3 Å². The van der Waals surface area contributed by atoms with Crippen LogP contribution in [0.5, 0.6) is 0 Å². The monoisotopic (exact) mass is 401 g/mol. The molecule has 0 aliphatic rings. The van der Waals surface area contributed by atoms with E-state index in [2.05, 4.69) is 30.2 Å². The number of fused-ring (bicyclic) bond motifs is 1. The molecule has 0 bridgehead atoms. The van der Waals surface area contributed by atoms with Crippen molar-refractivity contribution < 1.29 is 0 Å². The van der Waals surface area contributed by atoms with Gasteiger partial charge in [-0.2, -0.15) is 0 Å². The summed E-state index contributed by atoms with van der Waals surface area (Å²) in [5, 5.41) is 3.13. The minimum absolute atomic E-state index is 0.00293. The molecule has 9 nitrogen and oxygen atoms in total. The minimum Gasteiger partial charge on any atom is -0.323 e. The van der Waals surface area contributed by atoms with Gasteiger partial charge in [0.1, 0.15) is 5.15 Å². The molecule has 0 fully saturated rings. The molecule has 0 saturated carbocycles. The van der Waals surface area contributed by atoms with E-state index in [1.807, 2.05) is 0 Å². The van der Waals surface area contributed by atoms with Gasteiger partial charge in [0, 0.05) is 12.4 Å². The molecule has 134 valence electrons. The number of aromatic nitrogens is 6. The zero-order valence-corrected chi connectivity index (χ0v) is 14.9. The number of rotatable bonds is 3. The van der Waals surface area contributed by atoms with Gasteiger partial charge in [0.15, 0.2) is 11.2 Å². The van der Waals surface area contributed by atoms with Gasteiger partial charge >= 0.3 is 5.69 Å².